The lowest BCUT2D eigenvalue weighted by atomic mass is 10.1. The first-order valence-electron chi connectivity index (χ1n) is 8.91. The highest BCUT2D eigenvalue weighted by atomic mass is 127. The fourth-order valence-corrected chi connectivity index (χ4v) is 3.91. The Labute approximate surface area is 182 Å². The molecule has 146 valence electrons. The smallest absolute Gasteiger partial charge is 0.293 e. The van der Waals surface area contributed by atoms with Gasteiger partial charge in [0.05, 0.1) is 24.7 Å². The molecule has 0 aliphatic carbocycles. The van der Waals surface area contributed by atoms with E-state index in [1.54, 1.807) is 12.1 Å². The van der Waals surface area contributed by atoms with E-state index in [2.05, 4.69) is 22.6 Å². The molecule has 1 aliphatic heterocycles. The van der Waals surface area contributed by atoms with Crippen LogP contribution in [0.3, 0.4) is 0 Å². The Morgan fingerprint density at radius 3 is 2.43 bits per heavy atom. The van der Waals surface area contributed by atoms with Crippen LogP contribution < -0.4 is 9.47 Å². The zero-order valence-corrected chi connectivity index (χ0v) is 18.6. The summed E-state index contributed by atoms with van der Waals surface area (Å²) in [5.41, 5.74) is 1.66. The molecule has 1 saturated heterocycles. The molecule has 1 heterocycles. The third-order valence-electron chi connectivity index (χ3n) is 4.01. The van der Waals surface area contributed by atoms with Gasteiger partial charge >= 0.3 is 0 Å². The lowest BCUT2D eigenvalue weighted by Crippen LogP contribution is -2.27. The number of benzene rings is 2. The first-order chi connectivity index (χ1) is 13.5. The second-order valence-electron chi connectivity index (χ2n) is 5.96. The molecule has 0 aromatic heterocycles. The fraction of sp³-hybridized carbons (Fsp3) is 0.238. The van der Waals surface area contributed by atoms with Gasteiger partial charge in [-0.2, -0.15) is 0 Å². The molecule has 0 bridgehead atoms. The Kier molecular flexibility index (Phi) is 7.01. The molecule has 7 heteroatoms. The van der Waals surface area contributed by atoms with Crippen molar-refractivity contribution >= 4 is 51.6 Å². The van der Waals surface area contributed by atoms with Gasteiger partial charge in [0.2, 0.25) is 0 Å². The standard InChI is InChI=1S/C21H20INO4S/c1-3-26-17-10-7-15(18(12-17)27-4-2)11-19-20(24)23(21(25)28-19)13-14-5-8-16(22)9-6-14/h5-12H,3-4,13H2,1-2H3/b19-11-. The third kappa shape index (κ3) is 4.88. The van der Waals surface area contributed by atoms with Crippen LogP contribution >= 0.6 is 34.4 Å². The van der Waals surface area contributed by atoms with Crippen LogP contribution in [0.25, 0.3) is 6.08 Å². The topological polar surface area (TPSA) is 55.8 Å². The molecular weight excluding hydrogens is 489 g/mol. The van der Waals surface area contributed by atoms with Crippen molar-refractivity contribution < 1.29 is 19.1 Å². The number of hydrogen-bond donors (Lipinski definition) is 0. The quantitative estimate of drug-likeness (QED) is 0.374. The Balaban J connectivity index is 1.83. The predicted molar refractivity (Wildman–Crippen MR) is 119 cm³/mol. The van der Waals surface area contributed by atoms with Gasteiger partial charge in [0.15, 0.2) is 0 Å². The van der Waals surface area contributed by atoms with Crippen LogP contribution in [0.4, 0.5) is 4.79 Å². The van der Waals surface area contributed by atoms with Crippen molar-refractivity contribution in [1.82, 2.24) is 4.90 Å². The molecule has 0 saturated carbocycles. The Morgan fingerprint density at radius 1 is 1.04 bits per heavy atom. The van der Waals surface area contributed by atoms with Gasteiger partial charge in [-0.25, -0.2) is 0 Å². The average Bonchev–Trinajstić information content (AvgIpc) is 2.93. The minimum absolute atomic E-state index is 0.264. The maximum absolute atomic E-state index is 12.8. The molecule has 1 aliphatic rings. The summed E-state index contributed by atoms with van der Waals surface area (Å²) in [7, 11) is 0. The van der Waals surface area contributed by atoms with Gasteiger partial charge in [-0.1, -0.05) is 12.1 Å². The molecule has 0 N–H and O–H groups in total. The van der Waals surface area contributed by atoms with Crippen LogP contribution in [0.5, 0.6) is 11.5 Å². The van der Waals surface area contributed by atoms with Crippen LogP contribution in [-0.4, -0.2) is 29.3 Å². The fourth-order valence-electron chi connectivity index (χ4n) is 2.72. The first kappa shape index (κ1) is 20.7. The normalized spacial score (nSPS) is 15.4. The summed E-state index contributed by atoms with van der Waals surface area (Å²) in [4.78, 5) is 26.8. The molecule has 0 radical (unpaired) electrons. The molecule has 2 aromatic carbocycles. The number of hydrogen-bond acceptors (Lipinski definition) is 5. The Hall–Kier alpha value is -2.00. The average molecular weight is 509 g/mol. The number of halogens is 1. The largest absolute Gasteiger partial charge is 0.494 e. The van der Waals surface area contributed by atoms with Crippen molar-refractivity contribution in [3.05, 3.63) is 62.1 Å². The van der Waals surface area contributed by atoms with Crippen LogP contribution in [0, 0.1) is 3.57 Å². The number of ether oxygens (including phenoxy) is 2. The zero-order chi connectivity index (χ0) is 20.1. The lowest BCUT2D eigenvalue weighted by molar-refractivity contribution is -0.123. The van der Waals surface area contributed by atoms with Crippen molar-refractivity contribution in [2.24, 2.45) is 0 Å². The van der Waals surface area contributed by atoms with E-state index in [1.165, 1.54) is 4.90 Å². The Bertz CT molecular complexity index is 911. The minimum Gasteiger partial charge on any atom is -0.494 e. The number of rotatable bonds is 7. The van der Waals surface area contributed by atoms with Crippen molar-refractivity contribution in [3.63, 3.8) is 0 Å². The molecule has 2 aromatic rings. The van der Waals surface area contributed by atoms with Crippen molar-refractivity contribution in [1.29, 1.82) is 0 Å². The SMILES string of the molecule is CCOc1ccc(/C=C2\SC(=O)N(Cc3ccc(I)cc3)C2=O)c(OCC)c1. The van der Waals surface area contributed by atoms with E-state index < -0.39 is 0 Å². The van der Waals surface area contributed by atoms with Gasteiger partial charge in [-0.15, -0.1) is 0 Å². The molecule has 5 nitrogen and oxygen atoms in total. The third-order valence-corrected chi connectivity index (χ3v) is 5.64. The molecule has 0 unspecified atom stereocenters. The highest BCUT2D eigenvalue weighted by Crippen LogP contribution is 2.36. The summed E-state index contributed by atoms with van der Waals surface area (Å²) in [6, 6.07) is 13.2. The van der Waals surface area contributed by atoms with Gasteiger partial charge in [0.1, 0.15) is 11.5 Å². The number of nitrogens with zero attached hydrogens (tertiary/aromatic N) is 1. The van der Waals surface area contributed by atoms with Crippen LogP contribution in [0.15, 0.2) is 47.4 Å². The second-order valence-corrected chi connectivity index (χ2v) is 8.20. The van der Waals surface area contributed by atoms with Crippen molar-refractivity contribution in [3.8, 4) is 11.5 Å². The summed E-state index contributed by atoms with van der Waals surface area (Å²) in [6.07, 6.45) is 1.71. The van der Waals surface area contributed by atoms with E-state index in [0.29, 0.717) is 29.6 Å². The number of imide groups is 1. The number of carbonyl (C=O) groups is 2. The van der Waals surface area contributed by atoms with E-state index in [0.717, 1.165) is 26.5 Å². The van der Waals surface area contributed by atoms with E-state index in [1.807, 2.05) is 50.2 Å². The van der Waals surface area contributed by atoms with Crippen molar-refractivity contribution in [2.45, 2.75) is 20.4 Å². The molecule has 0 spiro atoms. The van der Waals surface area contributed by atoms with E-state index in [9.17, 15) is 9.59 Å². The number of carbonyl (C=O) groups excluding carboxylic acids is 2. The number of amides is 2. The van der Waals surface area contributed by atoms with Crippen molar-refractivity contribution in [2.75, 3.05) is 13.2 Å². The summed E-state index contributed by atoms with van der Waals surface area (Å²) < 4.78 is 12.3. The maximum Gasteiger partial charge on any atom is 0.293 e. The second kappa shape index (κ2) is 9.47. The first-order valence-corrected chi connectivity index (χ1v) is 10.8. The highest BCUT2D eigenvalue weighted by molar-refractivity contribution is 14.1. The summed E-state index contributed by atoms with van der Waals surface area (Å²) in [5.74, 6) is 1.04. The Morgan fingerprint density at radius 2 is 1.75 bits per heavy atom. The van der Waals surface area contributed by atoms with Gasteiger partial charge in [0.25, 0.3) is 11.1 Å². The van der Waals surface area contributed by atoms with Crippen LogP contribution in [0.1, 0.15) is 25.0 Å². The van der Waals surface area contributed by atoms with Gasteiger partial charge in [-0.3, -0.25) is 14.5 Å². The van der Waals surface area contributed by atoms with E-state index >= 15 is 0 Å². The minimum atomic E-state index is -0.287. The van der Waals surface area contributed by atoms with Gasteiger partial charge in [-0.05, 0) is 84.1 Å². The molecule has 0 atom stereocenters. The zero-order valence-electron chi connectivity index (χ0n) is 15.6. The number of thioether (sulfide) groups is 1. The van der Waals surface area contributed by atoms with Crippen LogP contribution in [-0.2, 0) is 11.3 Å². The van der Waals surface area contributed by atoms with Crippen LogP contribution in [0.2, 0.25) is 0 Å². The molecule has 2 amide bonds. The summed E-state index contributed by atoms with van der Waals surface area (Å²) in [6.45, 7) is 5.12. The summed E-state index contributed by atoms with van der Waals surface area (Å²) >= 11 is 3.17. The summed E-state index contributed by atoms with van der Waals surface area (Å²) in [5, 5.41) is -0.265. The van der Waals surface area contributed by atoms with Gasteiger partial charge < -0.3 is 9.47 Å². The van der Waals surface area contributed by atoms with Gasteiger partial charge in [0, 0.05) is 15.2 Å². The van der Waals surface area contributed by atoms with E-state index in [-0.39, 0.29) is 17.7 Å². The molecule has 28 heavy (non-hydrogen) atoms. The van der Waals surface area contributed by atoms with E-state index in [4.69, 9.17) is 9.47 Å². The lowest BCUT2D eigenvalue weighted by Gasteiger charge is -2.12. The predicted octanol–water partition coefficient (Wildman–Crippen LogP) is 5.33. The highest BCUT2D eigenvalue weighted by Gasteiger charge is 2.35. The monoisotopic (exact) mass is 509 g/mol. The molecule has 1 fully saturated rings. The molecule has 3 rings (SSSR count). The maximum atomic E-state index is 12.8. The molecular formula is C21H20INO4S.